The Morgan fingerprint density at radius 2 is 1.83 bits per heavy atom. The number of amides is 1. The molecule has 0 spiro atoms. The van der Waals surface area contributed by atoms with E-state index in [1.54, 1.807) is 0 Å². The molecule has 0 unspecified atom stereocenters. The molecule has 6 heteroatoms. The molecule has 160 valence electrons. The van der Waals surface area contributed by atoms with E-state index in [4.69, 9.17) is 9.47 Å². The zero-order valence-corrected chi connectivity index (χ0v) is 17.6. The highest BCUT2D eigenvalue weighted by atomic mass is 16.5. The number of hydrogen-bond donors (Lipinski definition) is 1. The molecule has 0 aliphatic carbocycles. The van der Waals surface area contributed by atoms with Crippen LogP contribution in [-0.4, -0.2) is 67.6 Å². The molecule has 2 heterocycles. The summed E-state index contributed by atoms with van der Waals surface area (Å²) >= 11 is 0. The number of carbonyl (C=O) groups excluding carboxylic acids is 1. The number of nitrogens with one attached hydrogen (secondary N) is 1. The SMILES string of the molecule is CNC[C@@H]1CCCN1C(=O)CN1CC[C@H](Oc2cccc(Oc3ccccc3)c2)C1. The highest BCUT2D eigenvalue weighted by Crippen LogP contribution is 2.27. The van der Waals surface area contributed by atoms with E-state index in [1.807, 2.05) is 61.6 Å². The van der Waals surface area contributed by atoms with Crippen molar-refractivity contribution in [2.45, 2.75) is 31.4 Å². The maximum absolute atomic E-state index is 12.8. The van der Waals surface area contributed by atoms with Gasteiger partial charge in [0.2, 0.25) is 5.91 Å². The lowest BCUT2D eigenvalue weighted by molar-refractivity contribution is -0.132. The van der Waals surface area contributed by atoms with E-state index in [0.29, 0.717) is 12.6 Å². The molecule has 2 atom stereocenters. The predicted molar refractivity (Wildman–Crippen MR) is 117 cm³/mol. The van der Waals surface area contributed by atoms with Crippen molar-refractivity contribution in [1.82, 2.24) is 15.1 Å². The molecule has 2 aromatic rings. The fourth-order valence-corrected chi connectivity index (χ4v) is 4.36. The van der Waals surface area contributed by atoms with E-state index in [9.17, 15) is 4.79 Å². The highest BCUT2D eigenvalue weighted by Gasteiger charge is 2.31. The highest BCUT2D eigenvalue weighted by molar-refractivity contribution is 5.79. The summed E-state index contributed by atoms with van der Waals surface area (Å²) in [4.78, 5) is 17.0. The van der Waals surface area contributed by atoms with Gasteiger partial charge in [0.25, 0.3) is 0 Å². The molecule has 2 aliphatic heterocycles. The number of rotatable bonds is 8. The molecule has 6 nitrogen and oxygen atoms in total. The second-order valence-electron chi connectivity index (χ2n) is 8.09. The molecule has 0 saturated carbocycles. The van der Waals surface area contributed by atoms with Crippen LogP contribution >= 0.6 is 0 Å². The zero-order chi connectivity index (χ0) is 20.8. The molecule has 2 aromatic carbocycles. The third-order valence-electron chi connectivity index (χ3n) is 5.81. The molecule has 0 aromatic heterocycles. The van der Waals surface area contributed by atoms with Gasteiger partial charge in [0.1, 0.15) is 23.4 Å². The van der Waals surface area contributed by atoms with Crippen LogP contribution in [0, 0.1) is 0 Å². The fourth-order valence-electron chi connectivity index (χ4n) is 4.36. The van der Waals surface area contributed by atoms with Crippen molar-refractivity contribution >= 4 is 5.91 Å². The first-order chi connectivity index (χ1) is 14.7. The topological polar surface area (TPSA) is 54.0 Å². The molecule has 2 aliphatic rings. The number of carbonyl (C=O) groups is 1. The molecule has 0 bridgehead atoms. The van der Waals surface area contributed by atoms with Crippen molar-refractivity contribution in [3.8, 4) is 17.2 Å². The van der Waals surface area contributed by atoms with Gasteiger partial charge >= 0.3 is 0 Å². The Hall–Kier alpha value is -2.57. The molecule has 2 saturated heterocycles. The number of para-hydroxylation sites is 1. The Morgan fingerprint density at radius 1 is 1.03 bits per heavy atom. The Kier molecular flexibility index (Phi) is 6.87. The summed E-state index contributed by atoms with van der Waals surface area (Å²) in [5.74, 6) is 2.61. The average molecular weight is 410 g/mol. The van der Waals surface area contributed by atoms with E-state index in [-0.39, 0.29) is 12.0 Å². The standard InChI is InChI=1S/C24H31N3O3/c1-25-16-19-7-6-13-27(19)24(28)18-26-14-12-23(17-26)30-22-11-5-10-21(15-22)29-20-8-3-2-4-9-20/h2-5,8-11,15,19,23,25H,6-7,12-14,16-18H2,1H3/t19-,23-/m0/s1. The first-order valence-electron chi connectivity index (χ1n) is 10.9. The van der Waals surface area contributed by atoms with Gasteiger partial charge in [-0.15, -0.1) is 0 Å². The Balaban J connectivity index is 1.28. The number of likely N-dealkylation sites (N-methyl/N-ethyl adjacent to an activating group) is 1. The van der Waals surface area contributed by atoms with Crippen LogP contribution in [-0.2, 0) is 4.79 Å². The van der Waals surface area contributed by atoms with E-state index in [2.05, 4.69) is 15.1 Å². The van der Waals surface area contributed by atoms with E-state index < -0.39 is 0 Å². The fraction of sp³-hybridized carbons (Fsp3) is 0.458. The minimum Gasteiger partial charge on any atom is -0.489 e. The van der Waals surface area contributed by atoms with Crippen molar-refractivity contribution in [2.75, 3.05) is 39.8 Å². The van der Waals surface area contributed by atoms with Crippen molar-refractivity contribution in [1.29, 1.82) is 0 Å². The summed E-state index contributed by atoms with van der Waals surface area (Å²) in [7, 11) is 1.95. The van der Waals surface area contributed by atoms with Gasteiger partial charge in [0.05, 0.1) is 6.54 Å². The molecule has 1 N–H and O–H groups in total. The monoisotopic (exact) mass is 409 g/mol. The molecular weight excluding hydrogens is 378 g/mol. The van der Waals surface area contributed by atoms with Crippen LogP contribution in [0.2, 0.25) is 0 Å². The molecule has 0 radical (unpaired) electrons. The van der Waals surface area contributed by atoms with E-state index >= 15 is 0 Å². The molecule has 2 fully saturated rings. The molecule has 1 amide bonds. The van der Waals surface area contributed by atoms with Crippen LogP contribution in [0.4, 0.5) is 0 Å². The van der Waals surface area contributed by atoms with Gasteiger partial charge in [-0.1, -0.05) is 24.3 Å². The van der Waals surface area contributed by atoms with E-state index in [1.165, 1.54) is 0 Å². The van der Waals surface area contributed by atoms with Crippen molar-refractivity contribution < 1.29 is 14.3 Å². The van der Waals surface area contributed by atoms with Crippen LogP contribution in [0.15, 0.2) is 54.6 Å². The van der Waals surface area contributed by atoms with E-state index in [0.717, 1.165) is 62.7 Å². The van der Waals surface area contributed by atoms with Crippen LogP contribution in [0.5, 0.6) is 17.2 Å². The van der Waals surface area contributed by atoms with Crippen molar-refractivity contribution in [3.63, 3.8) is 0 Å². The van der Waals surface area contributed by atoms with Gasteiger partial charge < -0.3 is 19.7 Å². The lowest BCUT2D eigenvalue weighted by Crippen LogP contribution is -2.45. The van der Waals surface area contributed by atoms with Gasteiger partial charge in [-0.25, -0.2) is 0 Å². The third-order valence-corrected chi connectivity index (χ3v) is 5.81. The summed E-state index contributed by atoms with van der Waals surface area (Å²) < 4.78 is 12.1. The van der Waals surface area contributed by atoms with Crippen LogP contribution in [0.1, 0.15) is 19.3 Å². The Morgan fingerprint density at radius 3 is 2.67 bits per heavy atom. The van der Waals surface area contributed by atoms with Gasteiger partial charge in [0, 0.05) is 38.3 Å². The second-order valence-corrected chi connectivity index (χ2v) is 8.09. The summed E-state index contributed by atoms with van der Waals surface area (Å²) in [6.45, 7) is 3.91. The first-order valence-corrected chi connectivity index (χ1v) is 10.9. The lowest BCUT2D eigenvalue weighted by Gasteiger charge is -2.27. The van der Waals surface area contributed by atoms with Gasteiger partial charge in [-0.2, -0.15) is 0 Å². The maximum atomic E-state index is 12.8. The second kappa shape index (κ2) is 9.96. The summed E-state index contributed by atoms with van der Waals surface area (Å²) in [6, 6.07) is 17.8. The minimum atomic E-state index is 0.0939. The predicted octanol–water partition coefficient (Wildman–Crippen LogP) is 3.14. The summed E-state index contributed by atoms with van der Waals surface area (Å²) in [5, 5.41) is 3.20. The van der Waals surface area contributed by atoms with Gasteiger partial charge in [0.15, 0.2) is 0 Å². The number of ether oxygens (including phenoxy) is 2. The normalized spacial score (nSPS) is 21.7. The molecular formula is C24H31N3O3. The van der Waals surface area contributed by atoms with Crippen LogP contribution < -0.4 is 14.8 Å². The quantitative estimate of drug-likeness (QED) is 0.726. The van der Waals surface area contributed by atoms with Crippen LogP contribution in [0.25, 0.3) is 0 Å². The lowest BCUT2D eigenvalue weighted by atomic mass is 10.2. The number of nitrogens with zero attached hydrogens (tertiary/aromatic N) is 2. The molecule has 4 rings (SSSR count). The molecule has 30 heavy (non-hydrogen) atoms. The zero-order valence-electron chi connectivity index (χ0n) is 17.6. The average Bonchev–Trinajstić information content (AvgIpc) is 3.39. The number of benzene rings is 2. The van der Waals surface area contributed by atoms with Crippen molar-refractivity contribution in [2.24, 2.45) is 0 Å². The van der Waals surface area contributed by atoms with Gasteiger partial charge in [-0.05, 0) is 50.6 Å². The maximum Gasteiger partial charge on any atom is 0.237 e. The number of hydrogen-bond acceptors (Lipinski definition) is 5. The summed E-state index contributed by atoms with van der Waals surface area (Å²) in [5.41, 5.74) is 0. The first kappa shape index (κ1) is 20.7. The number of likely N-dealkylation sites (tertiary alicyclic amines) is 2. The minimum absolute atomic E-state index is 0.0939. The van der Waals surface area contributed by atoms with Crippen LogP contribution in [0.3, 0.4) is 0 Å². The Labute approximate surface area is 178 Å². The van der Waals surface area contributed by atoms with Crippen molar-refractivity contribution in [3.05, 3.63) is 54.6 Å². The van der Waals surface area contributed by atoms with Gasteiger partial charge in [-0.3, -0.25) is 9.69 Å². The Bertz CT molecular complexity index is 829. The third kappa shape index (κ3) is 5.32. The smallest absolute Gasteiger partial charge is 0.237 e. The largest absolute Gasteiger partial charge is 0.489 e. The summed E-state index contributed by atoms with van der Waals surface area (Å²) in [6.07, 6.45) is 3.22.